The molecule has 0 fully saturated rings. The van der Waals surface area contributed by atoms with Gasteiger partial charge in [0.25, 0.3) is 0 Å². The second-order valence-corrected chi connectivity index (χ2v) is 5.33. The average molecular weight is 268 g/mol. The number of hydrogen-bond acceptors (Lipinski definition) is 6. The molecule has 2 aromatic rings. The molecule has 0 aliphatic carbocycles. The van der Waals surface area contributed by atoms with Crippen molar-refractivity contribution < 1.29 is 12.9 Å². The normalized spacial score (nSPS) is 11.6. The SMILES string of the molecule is Cc1noc(CNS(=O)(=O)c2ccccc2N)n1. The van der Waals surface area contributed by atoms with Crippen molar-refractivity contribution in [1.82, 2.24) is 14.9 Å². The fraction of sp³-hybridized carbons (Fsp3) is 0.200. The standard InChI is InChI=1S/C10H12N4O3S/c1-7-13-10(17-14-7)6-12-18(15,16)9-5-3-2-4-8(9)11/h2-5,12H,6,11H2,1H3. The van der Waals surface area contributed by atoms with Gasteiger partial charge in [-0.2, -0.15) is 4.98 Å². The maximum absolute atomic E-state index is 12.0. The molecule has 0 aliphatic rings. The van der Waals surface area contributed by atoms with Crippen molar-refractivity contribution in [2.45, 2.75) is 18.4 Å². The lowest BCUT2D eigenvalue weighted by Crippen LogP contribution is -2.24. The van der Waals surface area contributed by atoms with Crippen LogP contribution < -0.4 is 10.5 Å². The molecule has 1 aromatic heterocycles. The largest absolute Gasteiger partial charge is 0.398 e. The molecule has 0 saturated carbocycles. The van der Waals surface area contributed by atoms with Crippen molar-refractivity contribution in [1.29, 1.82) is 0 Å². The Kier molecular flexibility index (Phi) is 3.30. The van der Waals surface area contributed by atoms with E-state index in [1.165, 1.54) is 12.1 Å². The molecular formula is C10H12N4O3S. The van der Waals surface area contributed by atoms with Crippen molar-refractivity contribution in [3.8, 4) is 0 Å². The third-order valence-electron chi connectivity index (χ3n) is 2.19. The van der Waals surface area contributed by atoms with Gasteiger partial charge in [0.1, 0.15) is 4.90 Å². The third-order valence-corrected chi connectivity index (χ3v) is 3.67. The Morgan fingerprint density at radius 1 is 1.39 bits per heavy atom. The number of nitrogens with two attached hydrogens (primary N) is 1. The summed E-state index contributed by atoms with van der Waals surface area (Å²) in [7, 11) is -3.68. The van der Waals surface area contributed by atoms with Crippen LogP contribution in [0.3, 0.4) is 0 Å². The number of anilines is 1. The third kappa shape index (κ3) is 2.66. The van der Waals surface area contributed by atoms with Crippen LogP contribution in [-0.2, 0) is 16.6 Å². The number of nitrogens with zero attached hydrogens (tertiary/aromatic N) is 2. The molecule has 2 rings (SSSR count). The first-order valence-electron chi connectivity index (χ1n) is 5.12. The summed E-state index contributed by atoms with van der Waals surface area (Å²) in [6.45, 7) is 1.58. The molecule has 0 amide bonds. The number of para-hydroxylation sites is 1. The molecule has 1 heterocycles. The fourth-order valence-corrected chi connectivity index (χ4v) is 2.48. The highest BCUT2D eigenvalue weighted by atomic mass is 32.2. The second-order valence-electron chi connectivity index (χ2n) is 3.60. The van der Waals surface area contributed by atoms with Gasteiger partial charge in [0.15, 0.2) is 5.82 Å². The van der Waals surface area contributed by atoms with Crippen molar-refractivity contribution in [3.63, 3.8) is 0 Å². The Hall–Kier alpha value is -1.93. The van der Waals surface area contributed by atoms with Crippen molar-refractivity contribution in [2.24, 2.45) is 0 Å². The van der Waals surface area contributed by atoms with Crippen LogP contribution in [0, 0.1) is 6.92 Å². The molecule has 18 heavy (non-hydrogen) atoms. The van der Waals surface area contributed by atoms with Gasteiger partial charge >= 0.3 is 0 Å². The van der Waals surface area contributed by atoms with Crippen LogP contribution in [-0.4, -0.2) is 18.6 Å². The first-order chi connectivity index (χ1) is 8.49. The number of benzene rings is 1. The predicted octanol–water partition coefficient (Wildman–Crippen LogP) is 0.439. The van der Waals surface area contributed by atoms with E-state index in [-0.39, 0.29) is 23.0 Å². The number of aryl methyl sites for hydroxylation is 1. The molecule has 0 saturated heterocycles. The first-order valence-corrected chi connectivity index (χ1v) is 6.61. The van der Waals surface area contributed by atoms with Gasteiger partial charge in [-0.1, -0.05) is 17.3 Å². The molecule has 7 nitrogen and oxygen atoms in total. The van der Waals surface area contributed by atoms with Crippen LogP contribution in [0.1, 0.15) is 11.7 Å². The number of sulfonamides is 1. The number of aromatic nitrogens is 2. The lowest BCUT2D eigenvalue weighted by atomic mass is 10.3. The van der Waals surface area contributed by atoms with E-state index in [2.05, 4.69) is 14.9 Å². The first kappa shape index (κ1) is 12.5. The van der Waals surface area contributed by atoms with E-state index in [1.54, 1.807) is 19.1 Å². The minimum absolute atomic E-state index is 0.0289. The molecule has 3 N–H and O–H groups in total. The fourth-order valence-electron chi connectivity index (χ4n) is 1.37. The summed E-state index contributed by atoms with van der Waals surface area (Å²) in [6, 6.07) is 6.21. The smallest absolute Gasteiger partial charge is 0.243 e. The summed E-state index contributed by atoms with van der Waals surface area (Å²) in [5, 5.41) is 3.56. The van der Waals surface area contributed by atoms with Crippen LogP contribution in [0.2, 0.25) is 0 Å². The zero-order valence-electron chi connectivity index (χ0n) is 9.62. The van der Waals surface area contributed by atoms with Gasteiger partial charge in [-0.3, -0.25) is 0 Å². The summed E-state index contributed by atoms with van der Waals surface area (Å²) in [4.78, 5) is 3.92. The topological polar surface area (TPSA) is 111 Å². The molecule has 1 aromatic carbocycles. The van der Waals surface area contributed by atoms with Crippen molar-refractivity contribution >= 4 is 15.7 Å². The summed E-state index contributed by atoms with van der Waals surface area (Å²) in [5.41, 5.74) is 5.80. The summed E-state index contributed by atoms with van der Waals surface area (Å²) < 4.78 is 31.1. The summed E-state index contributed by atoms with van der Waals surface area (Å²) >= 11 is 0. The van der Waals surface area contributed by atoms with Gasteiger partial charge in [-0.25, -0.2) is 13.1 Å². The maximum atomic E-state index is 12.0. The van der Waals surface area contributed by atoms with Crippen LogP contribution in [0.4, 0.5) is 5.69 Å². The molecule has 0 atom stereocenters. The van der Waals surface area contributed by atoms with Gasteiger partial charge in [0.2, 0.25) is 15.9 Å². The van der Waals surface area contributed by atoms with E-state index in [0.29, 0.717) is 5.82 Å². The van der Waals surface area contributed by atoms with Gasteiger partial charge in [0, 0.05) is 0 Å². The maximum Gasteiger partial charge on any atom is 0.243 e. The van der Waals surface area contributed by atoms with E-state index < -0.39 is 10.0 Å². The Morgan fingerprint density at radius 2 is 2.11 bits per heavy atom. The lowest BCUT2D eigenvalue weighted by molar-refractivity contribution is 0.372. The Morgan fingerprint density at radius 3 is 2.72 bits per heavy atom. The second kappa shape index (κ2) is 4.75. The Labute approximate surface area is 104 Å². The number of nitrogens with one attached hydrogen (secondary N) is 1. The minimum atomic E-state index is -3.68. The van der Waals surface area contributed by atoms with E-state index >= 15 is 0 Å². The molecule has 8 heteroatoms. The van der Waals surface area contributed by atoms with E-state index in [1.807, 2.05) is 0 Å². The quantitative estimate of drug-likeness (QED) is 0.778. The zero-order chi connectivity index (χ0) is 13.2. The minimum Gasteiger partial charge on any atom is -0.398 e. The monoisotopic (exact) mass is 268 g/mol. The molecule has 0 unspecified atom stereocenters. The van der Waals surface area contributed by atoms with Crippen molar-refractivity contribution in [3.05, 3.63) is 36.0 Å². The van der Waals surface area contributed by atoms with E-state index in [9.17, 15) is 8.42 Å². The van der Waals surface area contributed by atoms with Crippen molar-refractivity contribution in [2.75, 3.05) is 5.73 Å². The predicted molar refractivity (Wildman–Crippen MR) is 63.9 cm³/mol. The van der Waals surface area contributed by atoms with Crippen LogP contribution in [0.15, 0.2) is 33.7 Å². The van der Waals surface area contributed by atoms with Gasteiger partial charge in [-0.05, 0) is 19.1 Å². The zero-order valence-corrected chi connectivity index (χ0v) is 10.4. The summed E-state index contributed by atoms with van der Waals surface area (Å²) in [6.07, 6.45) is 0. The summed E-state index contributed by atoms with van der Waals surface area (Å²) in [5.74, 6) is 0.647. The highest BCUT2D eigenvalue weighted by Gasteiger charge is 2.17. The average Bonchev–Trinajstić information content (AvgIpc) is 2.73. The number of rotatable bonds is 4. The highest BCUT2D eigenvalue weighted by molar-refractivity contribution is 7.89. The highest BCUT2D eigenvalue weighted by Crippen LogP contribution is 2.16. The van der Waals surface area contributed by atoms with Crippen LogP contribution >= 0.6 is 0 Å². The van der Waals surface area contributed by atoms with Gasteiger partial charge < -0.3 is 10.3 Å². The Balaban J connectivity index is 2.16. The molecule has 0 spiro atoms. The number of hydrogen-bond donors (Lipinski definition) is 2. The van der Waals surface area contributed by atoms with Crippen LogP contribution in [0.5, 0.6) is 0 Å². The van der Waals surface area contributed by atoms with Gasteiger partial charge in [-0.15, -0.1) is 0 Å². The van der Waals surface area contributed by atoms with Crippen LogP contribution in [0.25, 0.3) is 0 Å². The molecule has 0 aliphatic heterocycles. The van der Waals surface area contributed by atoms with E-state index in [4.69, 9.17) is 10.3 Å². The number of nitrogen functional groups attached to an aromatic ring is 1. The van der Waals surface area contributed by atoms with Gasteiger partial charge in [0.05, 0.1) is 12.2 Å². The molecule has 0 bridgehead atoms. The lowest BCUT2D eigenvalue weighted by Gasteiger charge is -2.06. The molecule has 0 radical (unpaired) electrons. The molecular weight excluding hydrogens is 256 g/mol. The molecule has 96 valence electrons. The Bertz CT molecular complexity index is 651. The van der Waals surface area contributed by atoms with E-state index in [0.717, 1.165) is 0 Å².